The summed E-state index contributed by atoms with van der Waals surface area (Å²) in [6.45, 7) is 1.39. The van der Waals surface area contributed by atoms with Gasteiger partial charge in [0.1, 0.15) is 0 Å². The van der Waals surface area contributed by atoms with E-state index < -0.39 is 5.82 Å². The van der Waals surface area contributed by atoms with Gasteiger partial charge in [-0.2, -0.15) is 0 Å². The summed E-state index contributed by atoms with van der Waals surface area (Å²) in [6, 6.07) is 12.7. The monoisotopic (exact) mass is 284 g/mol. The Kier molecular flexibility index (Phi) is 3.88. The number of para-hydroxylation sites is 1. The van der Waals surface area contributed by atoms with Crippen molar-refractivity contribution in [3.8, 4) is 5.75 Å². The topological polar surface area (TPSA) is 48.0 Å². The summed E-state index contributed by atoms with van der Waals surface area (Å²) in [5, 5.41) is 13.7. The largest absolute Gasteiger partial charge is 0.505 e. The molecule has 1 heterocycles. The van der Waals surface area contributed by atoms with E-state index in [0.29, 0.717) is 6.54 Å². The minimum absolute atomic E-state index is 0.308. The molecule has 0 spiro atoms. The molecule has 0 atom stereocenters. The fourth-order valence-electron chi connectivity index (χ4n) is 2.45. The number of aromatic amines is 1. The number of benzene rings is 2. The number of aromatic hydroxyl groups is 1. The van der Waals surface area contributed by atoms with Crippen LogP contribution < -0.4 is 5.32 Å². The third-order valence-corrected chi connectivity index (χ3v) is 3.59. The Morgan fingerprint density at radius 2 is 2.00 bits per heavy atom. The van der Waals surface area contributed by atoms with Crippen LogP contribution in [0.1, 0.15) is 11.1 Å². The number of rotatable bonds is 5. The van der Waals surface area contributed by atoms with Crippen molar-refractivity contribution < 1.29 is 9.50 Å². The van der Waals surface area contributed by atoms with Crippen LogP contribution in [-0.2, 0) is 13.0 Å². The molecule has 0 aliphatic heterocycles. The molecule has 2 aromatic carbocycles. The standard InChI is InChI=1S/C17H17FN2O/c18-15-9-12(5-6-17(15)21)10-19-8-7-13-11-20-16-4-2-1-3-14(13)16/h1-6,9,11,19-21H,7-8,10H2. The first kappa shape index (κ1) is 13.6. The van der Waals surface area contributed by atoms with Gasteiger partial charge in [0, 0.05) is 23.6 Å². The van der Waals surface area contributed by atoms with Crippen molar-refractivity contribution in [2.24, 2.45) is 0 Å². The average Bonchev–Trinajstić information content (AvgIpc) is 2.91. The van der Waals surface area contributed by atoms with Gasteiger partial charge in [-0.15, -0.1) is 0 Å². The fourth-order valence-corrected chi connectivity index (χ4v) is 2.45. The molecule has 0 radical (unpaired) electrons. The van der Waals surface area contributed by atoms with Crippen molar-refractivity contribution in [3.63, 3.8) is 0 Å². The number of fused-ring (bicyclic) bond motifs is 1. The lowest BCUT2D eigenvalue weighted by atomic mass is 10.1. The number of phenolic OH excluding ortho intramolecular Hbond substituents is 1. The van der Waals surface area contributed by atoms with Gasteiger partial charge >= 0.3 is 0 Å². The molecular weight excluding hydrogens is 267 g/mol. The highest BCUT2D eigenvalue weighted by Crippen LogP contribution is 2.18. The van der Waals surface area contributed by atoms with Crippen molar-refractivity contribution in [3.05, 3.63) is 65.6 Å². The summed E-state index contributed by atoms with van der Waals surface area (Å²) in [5.74, 6) is -0.886. The summed E-state index contributed by atoms with van der Waals surface area (Å²) in [5.41, 5.74) is 3.24. The average molecular weight is 284 g/mol. The van der Waals surface area contributed by atoms with Crippen LogP contribution >= 0.6 is 0 Å². The van der Waals surface area contributed by atoms with E-state index in [9.17, 15) is 4.39 Å². The summed E-state index contributed by atoms with van der Waals surface area (Å²) in [6.07, 6.45) is 2.94. The Bertz CT molecular complexity index is 751. The van der Waals surface area contributed by atoms with Crippen molar-refractivity contribution in [2.45, 2.75) is 13.0 Å². The SMILES string of the molecule is Oc1ccc(CNCCc2c[nH]c3ccccc23)cc1F. The minimum atomic E-state index is -0.578. The Balaban J connectivity index is 1.55. The number of hydrogen-bond acceptors (Lipinski definition) is 2. The molecule has 21 heavy (non-hydrogen) atoms. The maximum Gasteiger partial charge on any atom is 0.165 e. The summed E-state index contributed by atoms with van der Waals surface area (Å²) in [4.78, 5) is 3.26. The lowest BCUT2D eigenvalue weighted by molar-refractivity contribution is 0.431. The number of hydrogen-bond donors (Lipinski definition) is 3. The molecule has 0 fully saturated rings. The number of phenols is 1. The number of nitrogens with one attached hydrogen (secondary N) is 2. The van der Waals surface area contributed by atoms with Crippen LogP contribution in [0.5, 0.6) is 5.75 Å². The summed E-state index contributed by atoms with van der Waals surface area (Å²) >= 11 is 0. The van der Waals surface area contributed by atoms with Gasteiger partial charge in [0.2, 0.25) is 0 Å². The number of aromatic nitrogens is 1. The minimum Gasteiger partial charge on any atom is -0.505 e. The lowest BCUT2D eigenvalue weighted by Gasteiger charge is -2.05. The predicted octanol–water partition coefficient (Wildman–Crippen LogP) is 3.34. The molecule has 4 heteroatoms. The predicted molar refractivity (Wildman–Crippen MR) is 81.8 cm³/mol. The van der Waals surface area contributed by atoms with Gasteiger partial charge in [-0.05, 0) is 42.3 Å². The lowest BCUT2D eigenvalue weighted by Crippen LogP contribution is -2.16. The first-order valence-electron chi connectivity index (χ1n) is 6.97. The molecule has 108 valence electrons. The summed E-state index contributed by atoms with van der Waals surface area (Å²) < 4.78 is 13.2. The zero-order valence-electron chi connectivity index (χ0n) is 11.6. The molecule has 0 saturated heterocycles. The highest BCUT2D eigenvalue weighted by Gasteiger charge is 2.03. The number of halogens is 1. The van der Waals surface area contributed by atoms with Gasteiger partial charge in [-0.1, -0.05) is 24.3 Å². The summed E-state index contributed by atoms with van der Waals surface area (Å²) in [7, 11) is 0. The van der Waals surface area contributed by atoms with Gasteiger partial charge in [0.05, 0.1) is 0 Å². The fraction of sp³-hybridized carbons (Fsp3) is 0.176. The van der Waals surface area contributed by atoms with Crippen LogP contribution in [-0.4, -0.2) is 16.6 Å². The molecule has 0 bridgehead atoms. The number of H-pyrrole nitrogens is 1. The van der Waals surface area contributed by atoms with E-state index >= 15 is 0 Å². The van der Waals surface area contributed by atoms with Gasteiger partial charge in [-0.3, -0.25) is 0 Å². The van der Waals surface area contributed by atoms with Crippen molar-refractivity contribution in [1.82, 2.24) is 10.3 Å². The molecule has 3 nitrogen and oxygen atoms in total. The van der Waals surface area contributed by atoms with Crippen LogP contribution in [0.4, 0.5) is 4.39 Å². The smallest absolute Gasteiger partial charge is 0.165 e. The van der Waals surface area contributed by atoms with Gasteiger partial charge in [0.25, 0.3) is 0 Å². The molecule has 0 saturated carbocycles. The first-order valence-corrected chi connectivity index (χ1v) is 6.97. The van der Waals surface area contributed by atoms with Crippen molar-refractivity contribution in [1.29, 1.82) is 0 Å². The van der Waals surface area contributed by atoms with E-state index in [1.807, 2.05) is 18.3 Å². The van der Waals surface area contributed by atoms with Gasteiger partial charge in [0.15, 0.2) is 11.6 Å². The molecule has 3 N–H and O–H groups in total. The zero-order valence-corrected chi connectivity index (χ0v) is 11.6. The Morgan fingerprint density at radius 3 is 2.86 bits per heavy atom. The normalized spacial score (nSPS) is 11.1. The molecule has 0 unspecified atom stereocenters. The van der Waals surface area contributed by atoms with E-state index in [-0.39, 0.29) is 5.75 Å². The van der Waals surface area contributed by atoms with Crippen LogP contribution in [0.15, 0.2) is 48.7 Å². The molecule has 0 amide bonds. The van der Waals surface area contributed by atoms with Crippen LogP contribution in [0.25, 0.3) is 10.9 Å². The van der Waals surface area contributed by atoms with Crippen LogP contribution in [0.3, 0.4) is 0 Å². The van der Waals surface area contributed by atoms with E-state index in [1.165, 1.54) is 23.1 Å². The quantitative estimate of drug-likeness (QED) is 0.629. The highest BCUT2D eigenvalue weighted by molar-refractivity contribution is 5.83. The van der Waals surface area contributed by atoms with Crippen LogP contribution in [0, 0.1) is 5.82 Å². The molecule has 1 aromatic heterocycles. The van der Waals surface area contributed by atoms with E-state index in [2.05, 4.69) is 22.4 Å². The molecule has 3 rings (SSSR count). The van der Waals surface area contributed by atoms with Crippen LogP contribution in [0.2, 0.25) is 0 Å². The van der Waals surface area contributed by atoms with Crippen molar-refractivity contribution in [2.75, 3.05) is 6.54 Å². The second-order valence-corrected chi connectivity index (χ2v) is 5.07. The van der Waals surface area contributed by atoms with Gasteiger partial charge in [-0.25, -0.2) is 4.39 Å². The molecule has 3 aromatic rings. The highest BCUT2D eigenvalue weighted by atomic mass is 19.1. The third-order valence-electron chi connectivity index (χ3n) is 3.59. The Hall–Kier alpha value is -2.33. The van der Waals surface area contributed by atoms with E-state index in [1.54, 1.807) is 6.07 Å². The Labute approximate surface area is 122 Å². The molecular formula is C17H17FN2O. The van der Waals surface area contributed by atoms with Crippen molar-refractivity contribution >= 4 is 10.9 Å². The zero-order chi connectivity index (χ0) is 14.7. The second kappa shape index (κ2) is 5.97. The maximum absolute atomic E-state index is 13.2. The van der Waals surface area contributed by atoms with E-state index in [4.69, 9.17) is 5.11 Å². The molecule has 0 aliphatic carbocycles. The second-order valence-electron chi connectivity index (χ2n) is 5.07. The maximum atomic E-state index is 13.2. The third kappa shape index (κ3) is 3.06. The Morgan fingerprint density at radius 1 is 1.14 bits per heavy atom. The van der Waals surface area contributed by atoms with Gasteiger partial charge < -0.3 is 15.4 Å². The first-order chi connectivity index (χ1) is 10.2. The van der Waals surface area contributed by atoms with E-state index in [0.717, 1.165) is 24.0 Å². The molecule has 0 aliphatic rings.